The first-order chi connectivity index (χ1) is 17.6. The van der Waals surface area contributed by atoms with Crippen molar-refractivity contribution in [1.82, 2.24) is 14.9 Å². The first-order valence-corrected chi connectivity index (χ1v) is 12.6. The van der Waals surface area contributed by atoms with Crippen LogP contribution in [-0.2, 0) is 9.53 Å². The smallest absolute Gasteiger partial charge is 0.250 e. The largest absolute Gasteiger partial charge is 0.495 e. The van der Waals surface area contributed by atoms with Crippen molar-refractivity contribution < 1.29 is 14.3 Å². The summed E-state index contributed by atoms with van der Waals surface area (Å²) in [6.45, 7) is -0.0455. The van der Waals surface area contributed by atoms with Gasteiger partial charge in [0.15, 0.2) is 5.11 Å². The normalized spacial score (nSPS) is 19.9. The minimum Gasteiger partial charge on any atom is -0.495 e. The van der Waals surface area contributed by atoms with Crippen molar-refractivity contribution in [2.24, 2.45) is 0 Å². The number of aromatic nitrogens is 2. The standard InChI is InChI=1S/C27H31N5O3S/c1-34-17-24(33)29-22-15-20(10-11-23(22)35-2)32-26(18-12-14-31(16-18)19-7-3-4-8-19)25(30-27(32)36)21-9-5-6-13-28-21/h5-6,9-16,19,25-26H,3-4,7-8,17H2,1-2H3,(H,29,33)(H,30,36)/t25-,26+/m1/s1. The number of hydrogen-bond acceptors (Lipinski definition) is 5. The lowest BCUT2D eigenvalue weighted by atomic mass is 9.98. The number of thiocarbonyl (C=S) groups is 1. The van der Waals surface area contributed by atoms with E-state index in [1.807, 2.05) is 36.4 Å². The van der Waals surface area contributed by atoms with Crippen LogP contribution in [0.1, 0.15) is 55.1 Å². The Bertz CT molecular complexity index is 1230. The van der Waals surface area contributed by atoms with Crippen molar-refractivity contribution >= 4 is 34.6 Å². The molecule has 2 aliphatic rings. The number of ether oxygens (including phenoxy) is 2. The molecule has 0 spiro atoms. The quantitative estimate of drug-likeness (QED) is 0.427. The average molecular weight is 506 g/mol. The van der Waals surface area contributed by atoms with Crippen LogP contribution in [0.3, 0.4) is 0 Å². The molecule has 2 aromatic heterocycles. The number of nitrogens with one attached hydrogen (secondary N) is 2. The SMILES string of the molecule is COCC(=O)Nc1cc(N2C(=S)N[C@H](c3ccccn3)[C@@H]2c2ccn(C3CCCC3)c2)ccc1OC. The van der Waals surface area contributed by atoms with Gasteiger partial charge in [0, 0.05) is 37.4 Å². The number of nitrogens with zero attached hydrogens (tertiary/aromatic N) is 3. The highest BCUT2D eigenvalue weighted by Gasteiger charge is 2.41. The first-order valence-electron chi connectivity index (χ1n) is 12.2. The molecule has 2 atom stereocenters. The zero-order valence-electron chi connectivity index (χ0n) is 20.5. The highest BCUT2D eigenvalue weighted by atomic mass is 32.1. The van der Waals surface area contributed by atoms with E-state index in [0.29, 0.717) is 22.6 Å². The Morgan fingerprint density at radius 3 is 2.75 bits per heavy atom. The summed E-state index contributed by atoms with van der Waals surface area (Å²) in [5.41, 5.74) is 3.48. The second-order valence-electron chi connectivity index (χ2n) is 9.19. The molecular formula is C27H31N5O3S. The zero-order valence-corrected chi connectivity index (χ0v) is 21.3. The van der Waals surface area contributed by atoms with Gasteiger partial charge in [-0.1, -0.05) is 18.9 Å². The van der Waals surface area contributed by atoms with Crippen molar-refractivity contribution in [3.63, 3.8) is 0 Å². The fourth-order valence-electron chi connectivity index (χ4n) is 5.27. The lowest BCUT2D eigenvalue weighted by Crippen LogP contribution is -2.29. The molecule has 3 heterocycles. The summed E-state index contributed by atoms with van der Waals surface area (Å²) in [6, 6.07) is 14.1. The molecular weight excluding hydrogens is 474 g/mol. The van der Waals surface area contributed by atoms with Crippen LogP contribution in [0.4, 0.5) is 11.4 Å². The van der Waals surface area contributed by atoms with Crippen molar-refractivity contribution in [2.75, 3.05) is 31.0 Å². The van der Waals surface area contributed by atoms with Crippen molar-refractivity contribution in [3.8, 4) is 5.75 Å². The lowest BCUT2D eigenvalue weighted by molar-refractivity contribution is -0.119. The van der Waals surface area contributed by atoms with Gasteiger partial charge in [0.25, 0.3) is 0 Å². The van der Waals surface area contributed by atoms with Gasteiger partial charge in [0.1, 0.15) is 12.4 Å². The summed E-state index contributed by atoms with van der Waals surface area (Å²) in [5.74, 6) is 0.304. The topological polar surface area (TPSA) is 80.7 Å². The molecule has 2 N–H and O–H groups in total. The number of rotatable bonds is 8. The summed E-state index contributed by atoms with van der Waals surface area (Å²) < 4.78 is 12.8. The summed E-state index contributed by atoms with van der Waals surface area (Å²) in [6.07, 6.45) is 11.2. The molecule has 1 amide bonds. The molecule has 188 valence electrons. The van der Waals surface area contributed by atoms with Crippen molar-refractivity contribution in [2.45, 2.75) is 43.8 Å². The van der Waals surface area contributed by atoms with Crippen molar-refractivity contribution in [3.05, 3.63) is 72.3 Å². The van der Waals surface area contributed by atoms with E-state index in [1.165, 1.54) is 32.8 Å². The monoisotopic (exact) mass is 505 g/mol. The van der Waals surface area contributed by atoms with Gasteiger partial charge >= 0.3 is 0 Å². The minimum absolute atomic E-state index is 0.0455. The molecule has 5 rings (SSSR count). The third-order valence-electron chi connectivity index (χ3n) is 6.93. The first kappa shape index (κ1) is 24.3. The number of benzene rings is 1. The lowest BCUT2D eigenvalue weighted by Gasteiger charge is -2.28. The Morgan fingerprint density at radius 2 is 2.03 bits per heavy atom. The molecule has 1 aliphatic heterocycles. The van der Waals surface area contributed by atoms with Crippen LogP contribution in [0.5, 0.6) is 5.75 Å². The molecule has 36 heavy (non-hydrogen) atoms. The number of hydrogen-bond donors (Lipinski definition) is 2. The third-order valence-corrected chi connectivity index (χ3v) is 7.25. The highest BCUT2D eigenvalue weighted by molar-refractivity contribution is 7.80. The minimum atomic E-state index is -0.258. The van der Waals surface area contributed by atoms with Gasteiger partial charge in [-0.05, 0) is 67.0 Å². The van der Waals surface area contributed by atoms with Gasteiger partial charge in [0.05, 0.1) is 30.6 Å². The zero-order chi connectivity index (χ0) is 25.1. The number of amides is 1. The van der Waals surface area contributed by atoms with E-state index in [2.05, 4.69) is 43.5 Å². The average Bonchev–Trinajstić information content (AvgIpc) is 3.64. The maximum absolute atomic E-state index is 12.3. The molecule has 1 aromatic carbocycles. The Morgan fingerprint density at radius 1 is 1.19 bits per heavy atom. The Hall–Kier alpha value is -3.43. The van der Waals surface area contributed by atoms with E-state index in [0.717, 1.165) is 16.9 Å². The molecule has 3 aromatic rings. The van der Waals surface area contributed by atoms with E-state index >= 15 is 0 Å². The molecule has 1 aliphatic carbocycles. The number of carbonyl (C=O) groups excluding carboxylic acids is 1. The highest BCUT2D eigenvalue weighted by Crippen LogP contribution is 2.44. The van der Waals surface area contributed by atoms with Gasteiger partial charge < -0.3 is 29.6 Å². The van der Waals surface area contributed by atoms with E-state index < -0.39 is 0 Å². The maximum atomic E-state index is 12.3. The number of pyridine rings is 1. The molecule has 9 heteroatoms. The summed E-state index contributed by atoms with van der Waals surface area (Å²) in [4.78, 5) is 19.0. The molecule has 0 bridgehead atoms. The number of anilines is 2. The molecule has 1 saturated carbocycles. The van der Waals surface area contributed by atoms with Crippen LogP contribution in [0.2, 0.25) is 0 Å². The fraction of sp³-hybridized carbons (Fsp3) is 0.370. The third kappa shape index (κ3) is 4.81. The summed E-state index contributed by atoms with van der Waals surface area (Å²) in [7, 11) is 3.07. The van der Waals surface area contributed by atoms with Gasteiger partial charge in [-0.25, -0.2) is 0 Å². The second-order valence-corrected chi connectivity index (χ2v) is 9.58. The van der Waals surface area contributed by atoms with Crippen LogP contribution in [-0.4, -0.2) is 41.4 Å². The number of methoxy groups -OCH3 is 2. The second kappa shape index (κ2) is 10.7. The van der Waals surface area contributed by atoms with E-state index in [9.17, 15) is 4.79 Å². The predicted molar refractivity (Wildman–Crippen MR) is 143 cm³/mol. The van der Waals surface area contributed by atoms with Crippen LogP contribution < -0.4 is 20.3 Å². The van der Waals surface area contributed by atoms with Crippen LogP contribution in [0.15, 0.2) is 61.1 Å². The van der Waals surface area contributed by atoms with E-state index in [-0.39, 0.29) is 24.6 Å². The van der Waals surface area contributed by atoms with E-state index in [4.69, 9.17) is 21.7 Å². The molecule has 0 unspecified atom stereocenters. The van der Waals surface area contributed by atoms with Gasteiger partial charge in [-0.15, -0.1) is 0 Å². The van der Waals surface area contributed by atoms with Gasteiger partial charge in [-0.2, -0.15) is 0 Å². The van der Waals surface area contributed by atoms with Crippen LogP contribution in [0, 0.1) is 0 Å². The van der Waals surface area contributed by atoms with Crippen LogP contribution >= 0.6 is 12.2 Å². The molecule has 8 nitrogen and oxygen atoms in total. The van der Waals surface area contributed by atoms with E-state index in [1.54, 1.807) is 13.3 Å². The predicted octanol–water partition coefficient (Wildman–Crippen LogP) is 4.77. The Labute approximate surface area is 216 Å². The summed E-state index contributed by atoms with van der Waals surface area (Å²) in [5, 5.41) is 6.99. The number of carbonyl (C=O) groups is 1. The van der Waals surface area contributed by atoms with Gasteiger partial charge in [-0.3, -0.25) is 9.78 Å². The molecule has 2 fully saturated rings. The molecule has 0 radical (unpaired) electrons. The van der Waals surface area contributed by atoms with Crippen molar-refractivity contribution in [1.29, 1.82) is 0 Å². The van der Waals surface area contributed by atoms with Crippen LogP contribution in [0.25, 0.3) is 0 Å². The Kier molecular flexibility index (Phi) is 7.20. The molecule has 1 saturated heterocycles. The summed E-state index contributed by atoms with van der Waals surface area (Å²) >= 11 is 5.87. The van der Waals surface area contributed by atoms with Gasteiger partial charge in [0.2, 0.25) is 5.91 Å². The Balaban J connectivity index is 1.55. The maximum Gasteiger partial charge on any atom is 0.250 e. The fourth-order valence-corrected chi connectivity index (χ4v) is 5.61.